The van der Waals surface area contributed by atoms with E-state index in [1.165, 1.54) is 0 Å². The first kappa shape index (κ1) is 22.7. The van der Waals surface area contributed by atoms with Crippen LogP contribution in [0.3, 0.4) is 0 Å². The minimum absolute atomic E-state index is 0.118. The first-order valence-corrected chi connectivity index (χ1v) is 11.4. The van der Waals surface area contributed by atoms with Gasteiger partial charge in [0.15, 0.2) is 0 Å². The van der Waals surface area contributed by atoms with Gasteiger partial charge < -0.3 is 15.7 Å². The van der Waals surface area contributed by atoms with Crippen LogP contribution < -0.4 is 10.6 Å². The number of nitrogens with one attached hydrogen (secondary N) is 2. The predicted octanol–water partition coefficient (Wildman–Crippen LogP) is 4.19. The normalized spacial score (nSPS) is 14.6. The fourth-order valence-corrected chi connectivity index (χ4v) is 4.30. The summed E-state index contributed by atoms with van der Waals surface area (Å²) in [5.74, 6) is -0.393. The van der Waals surface area contributed by atoms with Crippen molar-refractivity contribution in [1.82, 2.24) is 15.6 Å². The molecule has 6 heteroatoms. The van der Waals surface area contributed by atoms with Gasteiger partial charge in [-0.15, -0.1) is 0 Å². The third kappa shape index (κ3) is 5.46. The number of aliphatic hydroxyl groups is 1. The van der Waals surface area contributed by atoms with Crippen LogP contribution in [0.1, 0.15) is 63.6 Å². The zero-order chi connectivity index (χ0) is 23.2. The topological polar surface area (TPSA) is 91.3 Å². The fourth-order valence-electron chi connectivity index (χ4n) is 4.30. The number of carbonyl (C=O) groups excluding carboxylic acids is 2. The maximum atomic E-state index is 13.1. The average molecular weight is 444 g/mol. The summed E-state index contributed by atoms with van der Waals surface area (Å²) in [5.41, 5.74) is 4.48. The van der Waals surface area contributed by atoms with E-state index < -0.39 is 6.04 Å². The van der Waals surface area contributed by atoms with Crippen molar-refractivity contribution in [2.24, 2.45) is 0 Å². The molecule has 6 nitrogen and oxygen atoms in total. The summed E-state index contributed by atoms with van der Waals surface area (Å²) in [6.07, 6.45) is 7.74. The molecular formula is C27H29N3O3. The van der Waals surface area contributed by atoms with Crippen LogP contribution in [0.5, 0.6) is 0 Å². The van der Waals surface area contributed by atoms with Gasteiger partial charge in [-0.1, -0.05) is 37.1 Å². The fraction of sp³-hybridized carbons (Fsp3) is 0.296. The molecule has 0 spiro atoms. The van der Waals surface area contributed by atoms with E-state index in [-0.39, 0.29) is 24.5 Å². The van der Waals surface area contributed by atoms with Gasteiger partial charge in [0, 0.05) is 29.6 Å². The number of aliphatic hydroxyl groups excluding tert-OH is 1. The highest BCUT2D eigenvalue weighted by atomic mass is 16.3. The molecular weight excluding hydrogens is 414 g/mol. The van der Waals surface area contributed by atoms with Gasteiger partial charge in [-0.2, -0.15) is 0 Å². The van der Waals surface area contributed by atoms with Crippen LogP contribution >= 0.6 is 0 Å². The highest BCUT2D eigenvalue weighted by Gasteiger charge is 2.21. The summed E-state index contributed by atoms with van der Waals surface area (Å²) < 4.78 is 0. The van der Waals surface area contributed by atoms with Crippen molar-refractivity contribution in [3.05, 3.63) is 89.2 Å². The van der Waals surface area contributed by atoms with Crippen molar-refractivity contribution < 1.29 is 14.7 Å². The number of pyridine rings is 1. The third-order valence-corrected chi connectivity index (χ3v) is 6.23. The van der Waals surface area contributed by atoms with Crippen LogP contribution in [0, 0.1) is 6.92 Å². The molecule has 3 aromatic rings. The number of amides is 2. The maximum absolute atomic E-state index is 13.1. The van der Waals surface area contributed by atoms with Crippen molar-refractivity contribution in [3.63, 3.8) is 0 Å². The first-order valence-electron chi connectivity index (χ1n) is 11.4. The molecule has 2 amide bonds. The van der Waals surface area contributed by atoms with E-state index in [1.807, 2.05) is 43.3 Å². The second-order valence-electron chi connectivity index (χ2n) is 8.55. The number of aryl methyl sites for hydroxylation is 1. The summed E-state index contributed by atoms with van der Waals surface area (Å²) in [6.45, 7) is 1.61. The summed E-state index contributed by atoms with van der Waals surface area (Å²) in [7, 11) is 0. The molecule has 1 aliphatic rings. The van der Waals surface area contributed by atoms with E-state index in [0.29, 0.717) is 16.7 Å². The molecule has 1 aliphatic carbocycles. The van der Waals surface area contributed by atoms with Gasteiger partial charge in [0.05, 0.1) is 12.6 Å². The molecule has 1 fully saturated rings. The molecule has 1 heterocycles. The quantitative estimate of drug-likeness (QED) is 0.511. The largest absolute Gasteiger partial charge is 0.394 e. The molecule has 33 heavy (non-hydrogen) atoms. The van der Waals surface area contributed by atoms with E-state index in [4.69, 9.17) is 0 Å². The Morgan fingerprint density at radius 1 is 1.00 bits per heavy atom. The molecule has 1 atom stereocenters. The molecule has 170 valence electrons. The number of aromatic nitrogens is 1. The number of hydrogen-bond donors (Lipinski definition) is 3. The first-order chi connectivity index (χ1) is 16.0. The number of benzene rings is 2. The monoisotopic (exact) mass is 443 g/mol. The number of nitrogens with zero attached hydrogens (tertiary/aromatic N) is 1. The van der Waals surface area contributed by atoms with Gasteiger partial charge >= 0.3 is 0 Å². The number of rotatable bonds is 7. The van der Waals surface area contributed by atoms with Crippen molar-refractivity contribution in [2.75, 3.05) is 6.61 Å². The van der Waals surface area contributed by atoms with E-state index in [9.17, 15) is 14.7 Å². The minimum atomic E-state index is -0.624. The van der Waals surface area contributed by atoms with Gasteiger partial charge in [0.25, 0.3) is 11.8 Å². The Kier molecular flexibility index (Phi) is 7.15. The minimum Gasteiger partial charge on any atom is -0.394 e. The summed E-state index contributed by atoms with van der Waals surface area (Å²) >= 11 is 0. The molecule has 4 rings (SSSR count). The van der Waals surface area contributed by atoms with Crippen molar-refractivity contribution in [1.29, 1.82) is 0 Å². The summed E-state index contributed by atoms with van der Waals surface area (Å²) in [5, 5.41) is 16.0. The van der Waals surface area contributed by atoms with Gasteiger partial charge in [0.1, 0.15) is 0 Å². The van der Waals surface area contributed by atoms with Crippen molar-refractivity contribution in [2.45, 2.75) is 44.7 Å². The van der Waals surface area contributed by atoms with Crippen molar-refractivity contribution in [3.8, 4) is 11.1 Å². The Hall–Kier alpha value is -3.51. The van der Waals surface area contributed by atoms with Crippen LogP contribution in [0.2, 0.25) is 0 Å². The molecule has 3 N–H and O–H groups in total. The molecule has 0 saturated heterocycles. The van der Waals surface area contributed by atoms with Crippen LogP contribution in [0.4, 0.5) is 0 Å². The van der Waals surface area contributed by atoms with Gasteiger partial charge in [-0.3, -0.25) is 14.6 Å². The van der Waals surface area contributed by atoms with Crippen molar-refractivity contribution >= 4 is 11.8 Å². The van der Waals surface area contributed by atoms with Gasteiger partial charge in [0.2, 0.25) is 0 Å². The highest BCUT2D eigenvalue weighted by Crippen LogP contribution is 2.23. The van der Waals surface area contributed by atoms with Crippen LogP contribution in [0.25, 0.3) is 11.1 Å². The van der Waals surface area contributed by atoms with E-state index >= 15 is 0 Å². The lowest BCUT2D eigenvalue weighted by molar-refractivity contribution is 0.0915. The Balaban J connectivity index is 1.51. The Labute approximate surface area is 194 Å². The molecule has 0 bridgehead atoms. The summed E-state index contributed by atoms with van der Waals surface area (Å²) in [6, 6.07) is 16.2. The maximum Gasteiger partial charge on any atom is 0.252 e. The third-order valence-electron chi connectivity index (χ3n) is 6.23. The SMILES string of the molecule is Cc1ccc(-c2ccncc2)cc1C(=O)N[C@H](CO)c1cccc(C(=O)NC2CCCC2)c1. The van der Waals surface area contributed by atoms with E-state index in [1.54, 1.807) is 30.6 Å². The van der Waals surface area contributed by atoms with Crippen LogP contribution in [-0.4, -0.2) is 34.6 Å². The Bertz CT molecular complexity index is 1120. The molecule has 0 radical (unpaired) electrons. The molecule has 0 unspecified atom stereocenters. The molecule has 2 aromatic carbocycles. The number of hydrogen-bond acceptors (Lipinski definition) is 4. The smallest absolute Gasteiger partial charge is 0.252 e. The van der Waals surface area contributed by atoms with Crippen LogP contribution in [-0.2, 0) is 0 Å². The summed E-state index contributed by atoms with van der Waals surface area (Å²) in [4.78, 5) is 29.8. The Morgan fingerprint density at radius 2 is 1.76 bits per heavy atom. The molecule has 1 aromatic heterocycles. The second-order valence-corrected chi connectivity index (χ2v) is 8.55. The standard InChI is InChI=1S/C27H29N3O3/c1-18-9-10-20(19-11-13-28-14-12-19)16-24(18)27(33)30-25(17-31)21-5-4-6-22(15-21)26(32)29-23-7-2-3-8-23/h4-6,9-16,23,25,31H,2-3,7-8,17H2,1H3,(H,29,32)(H,30,33)/t25-/m1/s1. The average Bonchev–Trinajstić information content (AvgIpc) is 3.36. The molecule has 0 aliphatic heterocycles. The van der Waals surface area contributed by atoms with Gasteiger partial charge in [-0.05, 0) is 72.4 Å². The van der Waals surface area contributed by atoms with E-state index in [2.05, 4.69) is 15.6 Å². The lowest BCUT2D eigenvalue weighted by Gasteiger charge is -2.19. The predicted molar refractivity (Wildman–Crippen MR) is 128 cm³/mol. The highest BCUT2D eigenvalue weighted by molar-refractivity contribution is 5.97. The van der Waals surface area contributed by atoms with E-state index in [0.717, 1.165) is 42.4 Å². The molecule has 1 saturated carbocycles. The zero-order valence-electron chi connectivity index (χ0n) is 18.8. The lowest BCUT2D eigenvalue weighted by atomic mass is 9.99. The van der Waals surface area contributed by atoms with Crippen LogP contribution in [0.15, 0.2) is 67.0 Å². The second kappa shape index (κ2) is 10.4. The zero-order valence-corrected chi connectivity index (χ0v) is 18.8. The van der Waals surface area contributed by atoms with Gasteiger partial charge in [-0.25, -0.2) is 0 Å². The number of carbonyl (C=O) groups is 2. The Morgan fingerprint density at radius 3 is 2.48 bits per heavy atom. The lowest BCUT2D eigenvalue weighted by Crippen LogP contribution is -2.33.